The van der Waals surface area contributed by atoms with E-state index in [0.717, 1.165) is 11.4 Å². The first-order valence-corrected chi connectivity index (χ1v) is 6.45. The summed E-state index contributed by atoms with van der Waals surface area (Å²) in [5.74, 6) is 0.776. The molecule has 1 rings (SSSR count). The van der Waals surface area contributed by atoms with Gasteiger partial charge >= 0.3 is 0 Å². The first-order valence-electron chi connectivity index (χ1n) is 6.45. The fraction of sp³-hybridized carbons (Fsp3) is 0.533. The van der Waals surface area contributed by atoms with Crippen molar-refractivity contribution in [3.8, 4) is 11.8 Å². The number of rotatable bonds is 6. The Kier molecular flexibility index (Phi) is 5.20. The second kappa shape index (κ2) is 6.44. The number of ether oxygens (including phenoxy) is 1. The molecular formula is C15H23N3O. The highest BCUT2D eigenvalue weighted by atomic mass is 16.5. The smallest absolute Gasteiger partial charge is 0.138 e. The maximum atomic E-state index is 9.25. The molecule has 19 heavy (non-hydrogen) atoms. The van der Waals surface area contributed by atoms with Crippen LogP contribution in [0.3, 0.4) is 0 Å². The van der Waals surface area contributed by atoms with Crippen LogP contribution in [0, 0.1) is 11.3 Å². The average molecular weight is 261 g/mol. The largest absolute Gasteiger partial charge is 0.490 e. The van der Waals surface area contributed by atoms with Crippen molar-refractivity contribution < 1.29 is 4.74 Å². The third kappa shape index (κ3) is 4.80. The molecule has 0 saturated carbocycles. The minimum Gasteiger partial charge on any atom is -0.490 e. The molecule has 0 aliphatic carbocycles. The van der Waals surface area contributed by atoms with Gasteiger partial charge in [-0.25, -0.2) is 0 Å². The van der Waals surface area contributed by atoms with E-state index in [1.807, 2.05) is 64.0 Å². The Morgan fingerprint density at radius 1 is 1.42 bits per heavy atom. The molecule has 0 bridgehead atoms. The topological polar surface area (TPSA) is 48.3 Å². The Balaban J connectivity index is 2.70. The zero-order chi connectivity index (χ0) is 14.5. The van der Waals surface area contributed by atoms with Crippen LogP contribution < -0.4 is 15.0 Å². The monoisotopic (exact) mass is 261 g/mol. The minimum absolute atomic E-state index is 0.237. The average Bonchev–Trinajstić information content (AvgIpc) is 2.36. The third-order valence-electron chi connectivity index (χ3n) is 2.72. The van der Waals surface area contributed by atoms with Crippen LogP contribution in [0.5, 0.6) is 5.75 Å². The van der Waals surface area contributed by atoms with Crippen LogP contribution in [-0.4, -0.2) is 32.3 Å². The zero-order valence-corrected chi connectivity index (χ0v) is 12.4. The molecule has 1 N–H and O–H groups in total. The van der Waals surface area contributed by atoms with E-state index in [0.29, 0.717) is 6.61 Å². The van der Waals surface area contributed by atoms with E-state index in [-0.39, 0.29) is 6.04 Å². The molecular weight excluding hydrogens is 238 g/mol. The summed E-state index contributed by atoms with van der Waals surface area (Å²) in [6, 6.07) is 10.3. The quantitative estimate of drug-likeness (QED) is 0.854. The maximum Gasteiger partial charge on any atom is 0.138 e. The number of nitrogens with one attached hydrogen (secondary N) is 1. The summed E-state index contributed by atoms with van der Waals surface area (Å²) < 4.78 is 5.74. The van der Waals surface area contributed by atoms with Crippen LogP contribution >= 0.6 is 0 Å². The van der Waals surface area contributed by atoms with Gasteiger partial charge in [-0.3, -0.25) is 5.32 Å². The summed E-state index contributed by atoms with van der Waals surface area (Å²) in [5.41, 5.74) is 0.399. The Hall–Kier alpha value is -1.73. The van der Waals surface area contributed by atoms with Crippen LogP contribution in [0.1, 0.15) is 20.8 Å². The molecule has 0 radical (unpaired) electrons. The second-order valence-corrected chi connectivity index (χ2v) is 5.42. The van der Waals surface area contributed by atoms with E-state index < -0.39 is 5.54 Å². The minimum atomic E-state index is -0.678. The molecule has 0 spiro atoms. The maximum absolute atomic E-state index is 9.25. The van der Waals surface area contributed by atoms with Crippen molar-refractivity contribution in [2.75, 3.05) is 25.6 Å². The van der Waals surface area contributed by atoms with Crippen molar-refractivity contribution in [2.24, 2.45) is 0 Å². The van der Waals surface area contributed by atoms with E-state index in [1.165, 1.54) is 0 Å². The molecule has 0 heterocycles. The zero-order valence-electron chi connectivity index (χ0n) is 12.4. The van der Waals surface area contributed by atoms with Gasteiger partial charge in [0.1, 0.15) is 17.9 Å². The lowest BCUT2D eigenvalue weighted by Crippen LogP contribution is -2.49. The first-order chi connectivity index (χ1) is 8.86. The van der Waals surface area contributed by atoms with Gasteiger partial charge in [-0.05, 0) is 32.9 Å². The summed E-state index contributed by atoms with van der Waals surface area (Å²) in [6.45, 7) is 6.20. The van der Waals surface area contributed by atoms with E-state index in [4.69, 9.17) is 4.74 Å². The Bertz CT molecular complexity index is 451. The molecule has 0 fully saturated rings. The van der Waals surface area contributed by atoms with Crippen LogP contribution in [0.4, 0.5) is 5.69 Å². The van der Waals surface area contributed by atoms with Crippen molar-refractivity contribution in [2.45, 2.75) is 32.4 Å². The SMILES string of the molecule is CC(C)NC(C)(C#N)COc1cccc(N(C)C)c1. The van der Waals surface area contributed by atoms with E-state index in [9.17, 15) is 5.26 Å². The Morgan fingerprint density at radius 2 is 2.11 bits per heavy atom. The lowest BCUT2D eigenvalue weighted by molar-refractivity contribution is 0.225. The Labute approximate surface area is 116 Å². The summed E-state index contributed by atoms with van der Waals surface area (Å²) in [4.78, 5) is 2.02. The highest BCUT2D eigenvalue weighted by molar-refractivity contribution is 5.49. The van der Waals surface area contributed by atoms with Crippen molar-refractivity contribution in [1.29, 1.82) is 5.26 Å². The number of benzene rings is 1. The van der Waals surface area contributed by atoms with Crippen molar-refractivity contribution >= 4 is 5.69 Å². The summed E-state index contributed by atoms with van der Waals surface area (Å²) in [7, 11) is 3.97. The normalized spacial score (nSPS) is 13.7. The molecule has 0 aliphatic heterocycles. The Morgan fingerprint density at radius 3 is 2.63 bits per heavy atom. The molecule has 1 atom stereocenters. The van der Waals surface area contributed by atoms with Gasteiger partial charge in [0.2, 0.25) is 0 Å². The molecule has 0 aliphatic rings. The van der Waals surface area contributed by atoms with Gasteiger partial charge in [0.25, 0.3) is 0 Å². The van der Waals surface area contributed by atoms with Gasteiger partial charge in [-0.2, -0.15) is 5.26 Å². The molecule has 104 valence electrons. The predicted molar refractivity (Wildman–Crippen MR) is 78.6 cm³/mol. The van der Waals surface area contributed by atoms with E-state index in [2.05, 4.69) is 11.4 Å². The fourth-order valence-corrected chi connectivity index (χ4v) is 1.82. The molecule has 0 aromatic heterocycles. The van der Waals surface area contributed by atoms with Crippen molar-refractivity contribution in [3.63, 3.8) is 0 Å². The molecule has 0 saturated heterocycles. The fourth-order valence-electron chi connectivity index (χ4n) is 1.82. The van der Waals surface area contributed by atoms with E-state index >= 15 is 0 Å². The van der Waals surface area contributed by atoms with E-state index in [1.54, 1.807) is 0 Å². The number of hydrogen-bond acceptors (Lipinski definition) is 4. The van der Waals surface area contributed by atoms with Crippen LogP contribution in [0.2, 0.25) is 0 Å². The van der Waals surface area contributed by atoms with Gasteiger partial charge in [-0.1, -0.05) is 6.07 Å². The van der Waals surface area contributed by atoms with Crippen LogP contribution in [-0.2, 0) is 0 Å². The van der Waals surface area contributed by atoms with Crippen LogP contribution in [0.25, 0.3) is 0 Å². The lowest BCUT2D eigenvalue weighted by Gasteiger charge is -2.26. The standard InChI is InChI=1S/C15H23N3O/c1-12(2)17-15(3,10-16)11-19-14-8-6-7-13(9-14)18(4)5/h6-9,12,17H,11H2,1-5H3. The number of nitriles is 1. The van der Waals surface area contributed by atoms with Gasteiger partial charge in [0, 0.05) is 31.9 Å². The van der Waals surface area contributed by atoms with Gasteiger partial charge in [0.15, 0.2) is 0 Å². The summed E-state index contributed by atoms with van der Waals surface area (Å²) >= 11 is 0. The van der Waals surface area contributed by atoms with Gasteiger partial charge < -0.3 is 9.64 Å². The summed E-state index contributed by atoms with van der Waals surface area (Å²) in [6.07, 6.45) is 0. The number of hydrogen-bond donors (Lipinski definition) is 1. The van der Waals surface area contributed by atoms with Crippen molar-refractivity contribution in [3.05, 3.63) is 24.3 Å². The molecule has 4 heteroatoms. The second-order valence-electron chi connectivity index (χ2n) is 5.42. The number of nitrogens with zero attached hydrogens (tertiary/aromatic N) is 2. The van der Waals surface area contributed by atoms with Crippen molar-refractivity contribution in [1.82, 2.24) is 5.32 Å². The molecule has 1 unspecified atom stereocenters. The number of anilines is 1. The highest BCUT2D eigenvalue weighted by Crippen LogP contribution is 2.20. The first kappa shape index (κ1) is 15.3. The third-order valence-corrected chi connectivity index (χ3v) is 2.72. The molecule has 1 aromatic carbocycles. The molecule has 0 amide bonds. The predicted octanol–water partition coefficient (Wildman–Crippen LogP) is 2.41. The molecule has 4 nitrogen and oxygen atoms in total. The lowest BCUT2D eigenvalue weighted by atomic mass is 10.1. The summed E-state index contributed by atoms with van der Waals surface area (Å²) in [5, 5.41) is 12.5. The van der Waals surface area contributed by atoms with Crippen LogP contribution in [0.15, 0.2) is 24.3 Å². The molecule has 1 aromatic rings. The highest BCUT2D eigenvalue weighted by Gasteiger charge is 2.25. The van der Waals surface area contributed by atoms with Gasteiger partial charge in [0.05, 0.1) is 6.07 Å². The van der Waals surface area contributed by atoms with Gasteiger partial charge in [-0.15, -0.1) is 0 Å².